The number of anilines is 2. The van der Waals surface area contributed by atoms with E-state index >= 15 is 0 Å². The summed E-state index contributed by atoms with van der Waals surface area (Å²) >= 11 is 1.21. The van der Waals surface area contributed by atoms with Crippen LogP contribution < -0.4 is 10.5 Å². The monoisotopic (exact) mass is 309 g/mol. The van der Waals surface area contributed by atoms with Gasteiger partial charge in [-0.3, -0.25) is 9.12 Å². The Hall–Kier alpha value is -2.13. The van der Waals surface area contributed by atoms with Gasteiger partial charge in [-0.05, 0) is 19.1 Å². The van der Waals surface area contributed by atoms with Gasteiger partial charge in [0.05, 0.1) is 5.69 Å². The number of rotatable bonds is 3. The predicted molar refractivity (Wildman–Crippen MR) is 77.3 cm³/mol. The van der Waals surface area contributed by atoms with Crippen LogP contribution in [0, 0.1) is 6.92 Å². The third kappa shape index (κ3) is 2.10. The number of fused-ring (bicyclic) bond motifs is 1. The van der Waals surface area contributed by atoms with E-state index in [0.717, 1.165) is 5.69 Å². The molecule has 0 aliphatic carbocycles. The molecule has 3 heterocycles. The van der Waals surface area contributed by atoms with Crippen molar-refractivity contribution >= 4 is 38.0 Å². The molecular weight excluding hydrogens is 298 g/mol. The molecule has 9 heteroatoms. The van der Waals surface area contributed by atoms with Crippen LogP contribution in [0.25, 0.3) is 5.65 Å². The second kappa shape index (κ2) is 4.46. The van der Waals surface area contributed by atoms with Gasteiger partial charge in [-0.15, -0.1) is 11.3 Å². The van der Waals surface area contributed by atoms with Crippen LogP contribution in [0.3, 0.4) is 0 Å². The number of nitrogens with two attached hydrogens (primary N) is 1. The summed E-state index contributed by atoms with van der Waals surface area (Å²) in [5, 5.41) is 1.98. The Morgan fingerprint density at radius 1 is 1.35 bits per heavy atom. The summed E-state index contributed by atoms with van der Waals surface area (Å²) in [6.07, 6.45) is 1.60. The summed E-state index contributed by atoms with van der Waals surface area (Å²) in [6.45, 7) is 1.79. The fourth-order valence-corrected chi connectivity index (χ4v) is 3.98. The van der Waals surface area contributed by atoms with E-state index < -0.39 is 10.0 Å². The Labute approximate surface area is 119 Å². The highest BCUT2D eigenvalue weighted by Gasteiger charge is 2.24. The minimum Gasteiger partial charge on any atom is -0.381 e. The van der Waals surface area contributed by atoms with Crippen LogP contribution in [0.1, 0.15) is 5.69 Å². The molecule has 0 aromatic carbocycles. The molecular formula is C11H11N5O2S2. The topological polar surface area (TPSA) is 102 Å². The van der Waals surface area contributed by atoms with Crippen molar-refractivity contribution < 1.29 is 8.42 Å². The van der Waals surface area contributed by atoms with Crippen molar-refractivity contribution in [3.63, 3.8) is 0 Å². The number of hydrogen-bond donors (Lipinski definition) is 2. The molecule has 3 aromatic heterocycles. The summed E-state index contributed by atoms with van der Waals surface area (Å²) < 4.78 is 28.7. The molecule has 3 rings (SSSR count). The SMILES string of the molecule is Cc1csc(NS(=O)(=O)c2c(N)nc3ccccn23)n1. The number of pyridine rings is 1. The van der Waals surface area contributed by atoms with E-state index in [-0.39, 0.29) is 10.8 Å². The first kappa shape index (κ1) is 12.9. The first-order valence-electron chi connectivity index (χ1n) is 5.65. The van der Waals surface area contributed by atoms with Gasteiger partial charge < -0.3 is 5.73 Å². The molecule has 3 aromatic rings. The van der Waals surface area contributed by atoms with Gasteiger partial charge in [0.1, 0.15) is 5.65 Å². The fourth-order valence-electron chi connectivity index (χ4n) is 1.82. The lowest BCUT2D eigenvalue weighted by molar-refractivity contribution is 0.597. The Kier molecular flexibility index (Phi) is 2.87. The number of aromatic nitrogens is 3. The Bertz CT molecular complexity index is 881. The van der Waals surface area contributed by atoms with Crippen molar-refractivity contribution in [1.29, 1.82) is 0 Å². The number of imidazole rings is 1. The maximum absolute atomic E-state index is 12.4. The number of aryl methyl sites for hydroxylation is 1. The van der Waals surface area contributed by atoms with Gasteiger partial charge >= 0.3 is 0 Å². The van der Waals surface area contributed by atoms with E-state index in [1.165, 1.54) is 15.7 Å². The lowest BCUT2D eigenvalue weighted by Gasteiger charge is -2.05. The van der Waals surface area contributed by atoms with Crippen LogP contribution >= 0.6 is 11.3 Å². The molecule has 0 amide bonds. The zero-order valence-corrected chi connectivity index (χ0v) is 12.1. The van der Waals surface area contributed by atoms with Crippen molar-refractivity contribution in [3.8, 4) is 0 Å². The van der Waals surface area contributed by atoms with Gasteiger partial charge in [0.25, 0.3) is 10.0 Å². The van der Waals surface area contributed by atoms with Crippen LogP contribution in [0.5, 0.6) is 0 Å². The van der Waals surface area contributed by atoms with Crippen molar-refractivity contribution in [2.75, 3.05) is 10.5 Å². The van der Waals surface area contributed by atoms with Crippen LogP contribution in [0.15, 0.2) is 34.8 Å². The van der Waals surface area contributed by atoms with Gasteiger partial charge in [0.15, 0.2) is 10.9 Å². The predicted octanol–water partition coefficient (Wildman–Crippen LogP) is 1.48. The van der Waals surface area contributed by atoms with Crippen LogP contribution in [0.2, 0.25) is 0 Å². The lowest BCUT2D eigenvalue weighted by Crippen LogP contribution is -2.16. The summed E-state index contributed by atoms with van der Waals surface area (Å²) in [4.78, 5) is 8.10. The average molecular weight is 309 g/mol. The molecule has 20 heavy (non-hydrogen) atoms. The van der Waals surface area contributed by atoms with Crippen molar-refractivity contribution in [2.24, 2.45) is 0 Å². The quantitative estimate of drug-likeness (QED) is 0.763. The summed E-state index contributed by atoms with van der Waals surface area (Å²) in [5.74, 6) is -0.0445. The minimum absolute atomic E-state index is 0.0445. The second-order valence-electron chi connectivity index (χ2n) is 4.13. The zero-order chi connectivity index (χ0) is 14.3. The molecule has 0 aliphatic heterocycles. The molecule has 0 spiro atoms. The zero-order valence-electron chi connectivity index (χ0n) is 10.4. The third-order valence-electron chi connectivity index (χ3n) is 2.61. The van der Waals surface area contributed by atoms with Crippen LogP contribution in [-0.4, -0.2) is 22.8 Å². The number of sulfonamides is 1. The van der Waals surface area contributed by atoms with Crippen molar-refractivity contribution in [3.05, 3.63) is 35.5 Å². The van der Waals surface area contributed by atoms with Gasteiger partial charge in [-0.25, -0.2) is 9.97 Å². The minimum atomic E-state index is -3.84. The van der Waals surface area contributed by atoms with Gasteiger partial charge in [-0.1, -0.05) is 6.07 Å². The second-order valence-corrected chi connectivity index (χ2v) is 6.59. The molecule has 0 atom stereocenters. The van der Waals surface area contributed by atoms with Crippen molar-refractivity contribution in [1.82, 2.24) is 14.4 Å². The summed E-state index contributed by atoms with van der Waals surface area (Å²) in [5.41, 5.74) is 6.95. The standard InChI is InChI=1S/C11H11N5O2S2/c1-7-6-19-11(13-7)15-20(17,18)10-9(12)14-8-4-2-3-5-16(8)10/h2-6H,12H2,1H3,(H,13,15). The van der Waals surface area contributed by atoms with E-state index in [0.29, 0.717) is 10.8 Å². The first-order chi connectivity index (χ1) is 9.47. The molecule has 7 nitrogen and oxygen atoms in total. The lowest BCUT2D eigenvalue weighted by atomic mass is 10.5. The smallest absolute Gasteiger partial charge is 0.283 e. The average Bonchev–Trinajstić information content (AvgIpc) is 2.91. The molecule has 0 fully saturated rings. The van der Waals surface area contributed by atoms with Gasteiger partial charge in [0.2, 0.25) is 5.03 Å². The van der Waals surface area contributed by atoms with E-state index in [1.807, 2.05) is 0 Å². The summed E-state index contributed by atoms with van der Waals surface area (Å²) in [7, 11) is -3.84. The molecule has 0 unspecified atom stereocenters. The third-order valence-corrected chi connectivity index (χ3v) is 4.99. The maximum atomic E-state index is 12.4. The maximum Gasteiger partial charge on any atom is 0.283 e. The highest BCUT2D eigenvalue weighted by molar-refractivity contribution is 7.93. The number of nitrogens with one attached hydrogen (secondary N) is 1. The Balaban J connectivity index is 2.11. The van der Waals surface area contributed by atoms with Crippen LogP contribution in [-0.2, 0) is 10.0 Å². The fraction of sp³-hybridized carbons (Fsp3) is 0.0909. The van der Waals surface area contributed by atoms with E-state index in [4.69, 9.17) is 5.73 Å². The molecule has 0 bridgehead atoms. The normalized spacial score (nSPS) is 11.8. The van der Waals surface area contributed by atoms with Crippen LogP contribution in [0.4, 0.5) is 10.9 Å². The number of hydrogen-bond acceptors (Lipinski definition) is 6. The highest BCUT2D eigenvalue weighted by Crippen LogP contribution is 2.24. The van der Waals surface area contributed by atoms with E-state index in [9.17, 15) is 8.42 Å². The molecule has 0 radical (unpaired) electrons. The summed E-state index contributed by atoms with van der Waals surface area (Å²) in [6, 6.07) is 5.15. The molecule has 104 valence electrons. The van der Waals surface area contributed by atoms with Crippen molar-refractivity contribution in [2.45, 2.75) is 11.9 Å². The largest absolute Gasteiger partial charge is 0.381 e. The molecule has 0 aliphatic rings. The molecule has 0 saturated carbocycles. The van der Waals surface area contributed by atoms with Gasteiger partial charge in [0, 0.05) is 11.6 Å². The Morgan fingerprint density at radius 2 is 2.15 bits per heavy atom. The van der Waals surface area contributed by atoms with E-state index in [1.54, 1.807) is 36.7 Å². The van der Waals surface area contributed by atoms with E-state index in [2.05, 4.69) is 14.7 Å². The molecule has 3 N–H and O–H groups in total. The van der Waals surface area contributed by atoms with Gasteiger partial charge in [-0.2, -0.15) is 8.42 Å². The highest BCUT2D eigenvalue weighted by atomic mass is 32.2. The number of thiazole rings is 1. The Morgan fingerprint density at radius 3 is 2.85 bits per heavy atom. The number of nitrogens with zero attached hydrogens (tertiary/aromatic N) is 3. The first-order valence-corrected chi connectivity index (χ1v) is 8.01. The molecule has 0 saturated heterocycles. The number of nitrogen functional groups attached to an aromatic ring is 1.